The number of carboxylic acids is 1. The molecule has 0 unspecified atom stereocenters. The molecule has 1 aromatic rings. The molecule has 0 spiro atoms. The number of benzene rings is 1. The van der Waals surface area contributed by atoms with Crippen molar-refractivity contribution in [3.05, 3.63) is 23.8 Å². The van der Waals surface area contributed by atoms with E-state index in [-0.39, 0.29) is 11.9 Å². The van der Waals surface area contributed by atoms with Crippen LogP contribution >= 0.6 is 0 Å². The van der Waals surface area contributed by atoms with Crippen molar-refractivity contribution in [3.8, 4) is 0 Å². The monoisotopic (exact) mass is 236 g/mol. The quantitative estimate of drug-likeness (QED) is 0.435. The highest BCUT2D eigenvalue weighted by Crippen LogP contribution is 2.25. The Hall–Kier alpha value is -1.34. The Bertz CT molecular complexity index is 449. The van der Waals surface area contributed by atoms with E-state index in [1.54, 1.807) is 12.1 Å². The molecule has 2 rings (SSSR count). The molecule has 1 aliphatic heterocycles. The summed E-state index contributed by atoms with van der Waals surface area (Å²) in [6.07, 6.45) is -1.20. The first-order valence-electron chi connectivity index (χ1n) is 5.05. The van der Waals surface area contributed by atoms with E-state index in [0.29, 0.717) is 11.0 Å². The molecule has 0 saturated heterocycles. The highest BCUT2D eigenvalue weighted by molar-refractivity contribution is 6.65. The molecule has 6 nitrogen and oxygen atoms in total. The zero-order chi connectivity index (χ0) is 12.6. The summed E-state index contributed by atoms with van der Waals surface area (Å²) in [5, 5.41) is 36.7. The summed E-state index contributed by atoms with van der Waals surface area (Å²) < 4.78 is 5.09. The average molecular weight is 236 g/mol. The second kappa shape index (κ2) is 4.50. The minimum atomic E-state index is -1.73. The highest BCUT2D eigenvalue weighted by atomic mass is 16.5. The Morgan fingerprint density at radius 2 is 2.18 bits per heavy atom. The summed E-state index contributed by atoms with van der Waals surface area (Å²) in [5.41, 5.74) is 0.879. The molecule has 1 aromatic carbocycles. The van der Waals surface area contributed by atoms with Gasteiger partial charge in [0.25, 0.3) is 0 Å². The van der Waals surface area contributed by atoms with Crippen molar-refractivity contribution in [3.63, 3.8) is 0 Å². The van der Waals surface area contributed by atoms with E-state index in [1.807, 2.05) is 0 Å². The first-order chi connectivity index (χ1) is 8.00. The van der Waals surface area contributed by atoms with Gasteiger partial charge in [0.05, 0.1) is 12.5 Å². The molecule has 1 heterocycles. The molecule has 0 saturated carbocycles. The summed E-state index contributed by atoms with van der Waals surface area (Å²) in [6, 6.07) is 4.57. The standard InChI is InChI=1S/C9H10B2O6/c12-8(13)4-7-9-5(10(14)15)2-1-3-6(9)11(16)17-7/h1-3,7,14-16H,4H2,(H,12,13)/t7-/m0/s1. The van der Waals surface area contributed by atoms with Crippen LogP contribution in [0.4, 0.5) is 0 Å². The van der Waals surface area contributed by atoms with Gasteiger partial charge in [-0.25, -0.2) is 0 Å². The largest absolute Gasteiger partial charge is 0.491 e. The molecule has 1 atom stereocenters. The smallest absolute Gasteiger partial charge is 0.481 e. The molecule has 0 radical (unpaired) electrons. The van der Waals surface area contributed by atoms with Crippen LogP contribution in [0.25, 0.3) is 0 Å². The first kappa shape index (κ1) is 12.1. The maximum Gasteiger partial charge on any atom is 0.491 e. The molecule has 0 fully saturated rings. The third kappa shape index (κ3) is 2.20. The number of aliphatic carboxylic acids is 1. The van der Waals surface area contributed by atoms with E-state index >= 15 is 0 Å². The molecule has 0 aliphatic carbocycles. The van der Waals surface area contributed by atoms with E-state index in [4.69, 9.17) is 9.76 Å². The number of hydrogen-bond donors (Lipinski definition) is 4. The molecule has 4 N–H and O–H groups in total. The first-order valence-corrected chi connectivity index (χ1v) is 5.05. The number of carboxylic acid groups (broad SMARTS) is 1. The molecular formula is C9H10B2O6. The van der Waals surface area contributed by atoms with Gasteiger partial charge < -0.3 is 24.8 Å². The van der Waals surface area contributed by atoms with E-state index in [1.165, 1.54) is 6.07 Å². The maximum absolute atomic E-state index is 10.7. The van der Waals surface area contributed by atoms with Crippen molar-refractivity contribution in [1.82, 2.24) is 0 Å². The lowest BCUT2D eigenvalue weighted by molar-refractivity contribution is -0.138. The van der Waals surface area contributed by atoms with Crippen LogP contribution in [0, 0.1) is 0 Å². The van der Waals surface area contributed by atoms with E-state index in [2.05, 4.69) is 0 Å². The van der Waals surface area contributed by atoms with Gasteiger partial charge in [0.1, 0.15) is 0 Å². The molecule has 1 aliphatic rings. The number of hydrogen-bond acceptors (Lipinski definition) is 5. The molecule has 0 amide bonds. The predicted octanol–water partition coefficient (Wildman–Crippen LogP) is -2.40. The minimum Gasteiger partial charge on any atom is -0.481 e. The van der Waals surface area contributed by atoms with Crippen LogP contribution in [0.5, 0.6) is 0 Å². The van der Waals surface area contributed by atoms with E-state index < -0.39 is 26.3 Å². The Morgan fingerprint density at radius 1 is 1.47 bits per heavy atom. The van der Waals surface area contributed by atoms with Gasteiger partial charge in [0.15, 0.2) is 0 Å². The lowest BCUT2D eigenvalue weighted by Crippen LogP contribution is -2.38. The Morgan fingerprint density at radius 3 is 2.76 bits per heavy atom. The second-order valence-corrected chi connectivity index (χ2v) is 3.80. The third-order valence-corrected chi connectivity index (χ3v) is 2.69. The second-order valence-electron chi connectivity index (χ2n) is 3.80. The van der Waals surface area contributed by atoms with Crippen molar-refractivity contribution in [2.24, 2.45) is 0 Å². The SMILES string of the molecule is O=C(O)C[C@@H]1OB(O)c2cccc(B(O)O)c21. The van der Waals surface area contributed by atoms with Crippen molar-refractivity contribution >= 4 is 31.1 Å². The average Bonchev–Trinajstić information content (AvgIpc) is 2.55. The zero-order valence-corrected chi connectivity index (χ0v) is 8.78. The fraction of sp³-hybridized carbons (Fsp3) is 0.222. The summed E-state index contributed by atoms with van der Waals surface area (Å²) in [7, 11) is -2.96. The van der Waals surface area contributed by atoms with Crippen molar-refractivity contribution in [1.29, 1.82) is 0 Å². The molecular weight excluding hydrogens is 226 g/mol. The fourth-order valence-corrected chi connectivity index (χ4v) is 2.02. The normalized spacial score (nSPS) is 18.1. The van der Waals surface area contributed by atoms with Crippen molar-refractivity contribution in [2.75, 3.05) is 0 Å². The number of carbonyl (C=O) groups is 1. The topological polar surface area (TPSA) is 107 Å². The molecule has 0 aromatic heterocycles. The van der Waals surface area contributed by atoms with Crippen LogP contribution in [-0.4, -0.2) is 40.4 Å². The lowest BCUT2D eigenvalue weighted by Gasteiger charge is -2.13. The lowest BCUT2D eigenvalue weighted by atomic mass is 9.69. The van der Waals surface area contributed by atoms with Gasteiger partial charge in [-0.1, -0.05) is 18.2 Å². The van der Waals surface area contributed by atoms with Crippen LogP contribution in [0.3, 0.4) is 0 Å². The van der Waals surface area contributed by atoms with Gasteiger partial charge in [-0.05, 0) is 16.5 Å². The fourth-order valence-electron chi connectivity index (χ4n) is 2.02. The maximum atomic E-state index is 10.7. The molecule has 88 valence electrons. The molecule has 17 heavy (non-hydrogen) atoms. The zero-order valence-electron chi connectivity index (χ0n) is 8.78. The Labute approximate surface area is 97.8 Å². The number of rotatable bonds is 3. The van der Waals surface area contributed by atoms with Crippen LogP contribution in [0.2, 0.25) is 0 Å². The van der Waals surface area contributed by atoms with Crippen LogP contribution in [0.15, 0.2) is 18.2 Å². The van der Waals surface area contributed by atoms with Gasteiger partial charge in [-0.2, -0.15) is 0 Å². The van der Waals surface area contributed by atoms with Crippen LogP contribution < -0.4 is 10.9 Å². The summed E-state index contributed by atoms with van der Waals surface area (Å²) in [5.74, 6) is -1.09. The summed E-state index contributed by atoms with van der Waals surface area (Å²) in [4.78, 5) is 10.7. The minimum absolute atomic E-state index is 0.158. The summed E-state index contributed by atoms with van der Waals surface area (Å²) in [6.45, 7) is 0. The predicted molar refractivity (Wildman–Crippen MR) is 60.0 cm³/mol. The third-order valence-electron chi connectivity index (χ3n) is 2.69. The summed E-state index contributed by atoms with van der Waals surface area (Å²) >= 11 is 0. The van der Waals surface area contributed by atoms with Crippen molar-refractivity contribution in [2.45, 2.75) is 12.5 Å². The Kier molecular flexibility index (Phi) is 3.21. The van der Waals surface area contributed by atoms with Gasteiger partial charge in [-0.15, -0.1) is 0 Å². The van der Waals surface area contributed by atoms with Gasteiger partial charge >= 0.3 is 20.2 Å². The van der Waals surface area contributed by atoms with E-state index in [9.17, 15) is 19.9 Å². The molecule has 0 bridgehead atoms. The van der Waals surface area contributed by atoms with Gasteiger partial charge in [-0.3, -0.25) is 4.79 Å². The van der Waals surface area contributed by atoms with Crippen molar-refractivity contribution < 1.29 is 29.6 Å². The highest BCUT2D eigenvalue weighted by Gasteiger charge is 2.39. The van der Waals surface area contributed by atoms with E-state index in [0.717, 1.165) is 0 Å². The van der Waals surface area contributed by atoms with Gasteiger partial charge in [0, 0.05) is 0 Å². The molecule has 8 heteroatoms. The van der Waals surface area contributed by atoms with Crippen LogP contribution in [-0.2, 0) is 9.45 Å². The van der Waals surface area contributed by atoms with Crippen LogP contribution in [0.1, 0.15) is 18.1 Å². The van der Waals surface area contributed by atoms with Gasteiger partial charge in [0.2, 0.25) is 0 Å². The number of fused-ring (bicyclic) bond motifs is 1. The Balaban J connectivity index is 2.45.